The first kappa shape index (κ1) is 18.5. The van der Waals surface area contributed by atoms with E-state index in [9.17, 15) is 9.59 Å². The average molecular weight is 405 g/mol. The Morgan fingerprint density at radius 3 is 2.47 bits per heavy atom. The number of pyridine rings is 1. The van der Waals surface area contributed by atoms with E-state index in [1.807, 2.05) is 30.7 Å². The van der Waals surface area contributed by atoms with Gasteiger partial charge in [-0.25, -0.2) is 14.6 Å². The lowest BCUT2D eigenvalue weighted by molar-refractivity contribution is 0.0781. The second kappa shape index (κ2) is 7.08. The fourth-order valence-corrected chi connectivity index (χ4v) is 4.59. The summed E-state index contributed by atoms with van der Waals surface area (Å²) in [6.45, 7) is 6.93. The van der Waals surface area contributed by atoms with Gasteiger partial charge in [0.05, 0.1) is 5.69 Å². The Hall–Kier alpha value is -3.49. The Morgan fingerprint density at radius 2 is 1.80 bits per heavy atom. The van der Waals surface area contributed by atoms with Crippen LogP contribution in [-0.2, 0) is 0 Å². The molecular formula is C21H23N7O2. The first-order valence-corrected chi connectivity index (χ1v) is 10.1. The lowest BCUT2D eigenvalue weighted by Crippen LogP contribution is -2.36. The summed E-state index contributed by atoms with van der Waals surface area (Å²) in [6, 6.07) is 7.25. The Kier molecular flexibility index (Phi) is 4.38. The van der Waals surface area contributed by atoms with Crippen LogP contribution in [-0.4, -0.2) is 61.7 Å². The van der Waals surface area contributed by atoms with Crippen molar-refractivity contribution in [3.05, 3.63) is 64.1 Å². The zero-order chi connectivity index (χ0) is 20.8. The van der Waals surface area contributed by atoms with Crippen LogP contribution in [0.25, 0.3) is 5.82 Å². The summed E-state index contributed by atoms with van der Waals surface area (Å²) in [5, 5.41) is 4.51. The Bertz CT molecular complexity index is 1150. The van der Waals surface area contributed by atoms with Crippen molar-refractivity contribution in [3.63, 3.8) is 0 Å². The van der Waals surface area contributed by atoms with Crippen LogP contribution in [0.15, 0.2) is 41.6 Å². The number of likely N-dealkylation sites (tertiary alicyclic amines) is 1. The molecule has 30 heavy (non-hydrogen) atoms. The SMILES string of the molecule is Cc1cc(C)n(-c2cc(N3CC4CN(C(=O)c5ccc[nH]c5=O)CC4C3)ncn2)n1. The van der Waals surface area contributed by atoms with Gasteiger partial charge >= 0.3 is 0 Å². The van der Waals surface area contributed by atoms with Crippen LogP contribution in [0.1, 0.15) is 21.7 Å². The van der Waals surface area contributed by atoms with Crippen molar-refractivity contribution in [2.75, 3.05) is 31.1 Å². The van der Waals surface area contributed by atoms with Gasteiger partial charge in [0, 0.05) is 56.0 Å². The Morgan fingerprint density at radius 1 is 1.07 bits per heavy atom. The van der Waals surface area contributed by atoms with Gasteiger partial charge < -0.3 is 14.8 Å². The van der Waals surface area contributed by atoms with Crippen LogP contribution >= 0.6 is 0 Å². The van der Waals surface area contributed by atoms with E-state index in [4.69, 9.17) is 0 Å². The van der Waals surface area contributed by atoms with E-state index in [2.05, 4.69) is 25.0 Å². The summed E-state index contributed by atoms with van der Waals surface area (Å²) in [5.74, 6) is 2.17. The van der Waals surface area contributed by atoms with Gasteiger partial charge in [-0.05, 0) is 32.0 Å². The van der Waals surface area contributed by atoms with Crippen molar-refractivity contribution in [2.24, 2.45) is 11.8 Å². The number of aromatic amines is 1. The normalized spacial score (nSPS) is 20.6. The smallest absolute Gasteiger partial charge is 0.260 e. The molecule has 2 saturated heterocycles. The van der Waals surface area contributed by atoms with Crippen LogP contribution in [0.4, 0.5) is 5.82 Å². The summed E-state index contributed by atoms with van der Waals surface area (Å²) in [6.07, 6.45) is 3.12. The molecule has 0 aliphatic carbocycles. The minimum absolute atomic E-state index is 0.188. The fraction of sp³-hybridized carbons (Fsp3) is 0.381. The summed E-state index contributed by atoms with van der Waals surface area (Å²) >= 11 is 0. The topological polar surface area (TPSA) is 100 Å². The van der Waals surface area contributed by atoms with Gasteiger partial charge in [-0.3, -0.25) is 9.59 Å². The quantitative estimate of drug-likeness (QED) is 0.702. The largest absolute Gasteiger partial charge is 0.356 e. The molecule has 0 bridgehead atoms. The molecule has 2 aliphatic rings. The molecule has 0 aromatic carbocycles. The van der Waals surface area contributed by atoms with Crippen LogP contribution in [0.5, 0.6) is 0 Å². The number of rotatable bonds is 3. The first-order valence-electron chi connectivity index (χ1n) is 10.1. The van der Waals surface area contributed by atoms with E-state index in [0.29, 0.717) is 24.9 Å². The predicted octanol–water partition coefficient (Wildman–Crippen LogP) is 1.18. The van der Waals surface area contributed by atoms with Crippen molar-refractivity contribution in [3.8, 4) is 5.82 Å². The molecule has 0 radical (unpaired) electrons. The highest BCUT2D eigenvalue weighted by Gasteiger charge is 2.42. The molecule has 5 rings (SSSR count). The van der Waals surface area contributed by atoms with Crippen LogP contribution in [0, 0.1) is 25.7 Å². The van der Waals surface area contributed by atoms with Gasteiger partial charge in [0.25, 0.3) is 11.5 Å². The third-order valence-corrected chi connectivity index (χ3v) is 6.01. The van der Waals surface area contributed by atoms with E-state index < -0.39 is 0 Å². The maximum atomic E-state index is 12.7. The average Bonchev–Trinajstić information content (AvgIpc) is 3.40. The minimum Gasteiger partial charge on any atom is -0.356 e. The number of carbonyl (C=O) groups excluding carboxylic acids is 1. The molecule has 1 N–H and O–H groups in total. The van der Waals surface area contributed by atoms with Crippen molar-refractivity contribution in [2.45, 2.75) is 13.8 Å². The minimum atomic E-state index is -0.334. The molecule has 2 aliphatic heterocycles. The Balaban J connectivity index is 1.30. The van der Waals surface area contributed by atoms with Crippen LogP contribution < -0.4 is 10.5 Å². The zero-order valence-corrected chi connectivity index (χ0v) is 16.9. The number of hydrogen-bond donors (Lipinski definition) is 1. The molecule has 9 nitrogen and oxygen atoms in total. The van der Waals surface area contributed by atoms with Crippen LogP contribution in [0.2, 0.25) is 0 Å². The van der Waals surface area contributed by atoms with Gasteiger partial charge in [0.15, 0.2) is 5.82 Å². The number of anilines is 1. The maximum absolute atomic E-state index is 12.7. The molecule has 3 aromatic rings. The van der Waals surface area contributed by atoms with E-state index >= 15 is 0 Å². The summed E-state index contributed by atoms with van der Waals surface area (Å²) in [4.78, 5) is 40.2. The summed E-state index contributed by atoms with van der Waals surface area (Å²) in [5.41, 5.74) is 1.85. The van der Waals surface area contributed by atoms with E-state index in [-0.39, 0.29) is 17.0 Å². The molecule has 0 spiro atoms. The monoisotopic (exact) mass is 405 g/mol. The number of carbonyl (C=O) groups is 1. The van der Waals surface area contributed by atoms with Gasteiger partial charge in [0.1, 0.15) is 17.7 Å². The fourth-order valence-electron chi connectivity index (χ4n) is 4.59. The number of H-pyrrole nitrogens is 1. The van der Waals surface area contributed by atoms with E-state index in [1.54, 1.807) is 23.4 Å². The first-order chi connectivity index (χ1) is 14.5. The number of hydrogen-bond acceptors (Lipinski definition) is 6. The highest BCUT2D eigenvalue weighted by atomic mass is 16.2. The van der Waals surface area contributed by atoms with Gasteiger partial charge in [-0.1, -0.05) is 0 Å². The molecule has 2 fully saturated rings. The highest BCUT2D eigenvalue weighted by Crippen LogP contribution is 2.34. The number of nitrogens with one attached hydrogen (secondary N) is 1. The summed E-state index contributed by atoms with van der Waals surface area (Å²) in [7, 11) is 0. The second-order valence-electron chi connectivity index (χ2n) is 8.12. The second-order valence-corrected chi connectivity index (χ2v) is 8.12. The molecule has 0 saturated carbocycles. The molecule has 2 atom stereocenters. The lowest BCUT2D eigenvalue weighted by Gasteiger charge is -2.22. The van der Waals surface area contributed by atoms with Crippen molar-refractivity contribution in [1.82, 2.24) is 29.6 Å². The number of aryl methyl sites for hydroxylation is 2. The van der Waals surface area contributed by atoms with Gasteiger partial charge in [-0.2, -0.15) is 5.10 Å². The summed E-state index contributed by atoms with van der Waals surface area (Å²) < 4.78 is 1.83. The molecule has 2 unspecified atom stereocenters. The molecular weight excluding hydrogens is 382 g/mol. The molecule has 3 aromatic heterocycles. The molecule has 154 valence electrons. The highest BCUT2D eigenvalue weighted by molar-refractivity contribution is 5.94. The number of amides is 1. The number of fused-ring (bicyclic) bond motifs is 1. The van der Waals surface area contributed by atoms with Crippen molar-refractivity contribution < 1.29 is 4.79 Å². The lowest BCUT2D eigenvalue weighted by atomic mass is 10.0. The molecule has 9 heteroatoms. The van der Waals surface area contributed by atoms with Gasteiger partial charge in [-0.15, -0.1) is 0 Å². The molecule has 5 heterocycles. The zero-order valence-electron chi connectivity index (χ0n) is 16.9. The number of nitrogens with zero attached hydrogens (tertiary/aromatic N) is 6. The Labute approximate surface area is 173 Å². The standard InChI is InChI=1S/C21H23N7O2/c1-13-6-14(2)28(25-13)19-7-18(23-12-24-19)26-8-15-10-27(11-16(15)9-26)21(30)17-4-3-5-22-20(17)29/h3-7,12,15-16H,8-11H2,1-2H3,(H,22,29). The number of aromatic nitrogens is 5. The third-order valence-electron chi connectivity index (χ3n) is 6.01. The third kappa shape index (κ3) is 3.16. The van der Waals surface area contributed by atoms with Crippen molar-refractivity contribution >= 4 is 11.7 Å². The predicted molar refractivity (Wildman–Crippen MR) is 111 cm³/mol. The van der Waals surface area contributed by atoms with Crippen LogP contribution in [0.3, 0.4) is 0 Å². The molecule has 1 amide bonds. The maximum Gasteiger partial charge on any atom is 0.260 e. The van der Waals surface area contributed by atoms with Crippen molar-refractivity contribution in [1.29, 1.82) is 0 Å². The van der Waals surface area contributed by atoms with Gasteiger partial charge in [0.2, 0.25) is 0 Å². The van der Waals surface area contributed by atoms with E-state index in [1.165, 1.54) is 6.20 Å². The van der Waals surface area contributed by atoms with E-state index in [0.717, 1.165) is 36.1 Å².